The molecule has 3 heteroatoms. The number of methoxy groups -OCH3 is 1. The predicted octanol–water partition coefficient (Wildman–Crippen LogP) is 2.44. The van der Waals surface area contributed by atoms with Crippen molar-refractivity contribution in [2.45, 2.75) is 31.6 Å². The van der Waals surface area contributed by atoms with Crippen molar-refractivity contribution in [1.82, 2.24) is 0 Å². The number of rotatable bonds is 4. The summed E-state index contributed by atoms with van der Waals surface area (Å²) in [6.45, 7) is 10.1. The Morgan fingerprint density at radius 1 is 1.58 bits per heavy atom. The van der Waals surface area contributed by atoms with Crippen LogP contribution < -0.4 is 0 Å². The van der Waals surface area contributed by atoms with E-state index in [1.54, 1.807) is 6.08 Å². The van der Waals surface area contributed by atoms with Crippen LogP contribution in [-0.2, 0) is 9.53 Å². The van der Waals surface area contributed by atoms with Gasteiger partial charge in [0, 0.05) is 0 Å². The molecule has 0 radical (unpaired) electrons. The molecular weight excluding hydrogens is 168 g/mol. The van der Waals surface area contributed by atoms with Crippen molar-refractivity contribution < 1.29 is 9.53 Å². The second-order valence-corrected chi connectivity index (χ2v) is 9.40. The van der Waals surface area contributed by atoms with Crippen LogP contribution in [0.4, 0.5) is 0 Å². The van der Waals surface area contributed by atoms with E-state index in [9.17, 15) is 4.79 Å². The first-order valence-electron chi connectivity index (χ1n) is 4.12. The van der Waals surface area contributed by atoms with Crippen molar-refractivity contribution in [3.05, 3.63) is 12.7 Å². The molecule has 0 aromatic carbocycles. The minimum Gasteiger partial charge on any atom is -0.469 e. The molecule has 0 heterocycles. The first-order valence-corrected chi connectivity index (χ1v) is 7.70. The van der Waals surface area contributed by atoms with Crippen molar-refractivity contribution in [2.75, 3.05) is 7.11 Å². The zero-order valence-electron chi connectivity index (χ0n) is 8.39. The first-order chi connectivity index (χ1) is 5.43. The van der Waals surface area contributed by atoms with Crippen LogP contribution in [0.5, 0.6) is 0 Å². The van der Waals surface area contributed by atoms with Gasteiger partial charge in [-0.25, -0.2) is 0 Å². The molecule has 1 unspecified atom stereocenters. The maximum Gasteiger partial charge on any atom is 0.306 e. The lowest BCUT2D eigenvalue weighted by molar-refractivity contribution is -0.140. The van der Waals surface area contributed by atoms with Gasteiger partial charge in [-0.15, -0.1) is 6.58 Å². The smallest absolute Gasteiger partial charge is 0.306 e. The van der Waals surface area contributed by atoms with Crippen molar-refractivity contribution in [1.29, 1.82) is 0 Å². The summed E-state index contributed by atoms with van der Waals surface area (Å²) in [7, 11) is 0.00556. The Labute approximate surface area is 75.6 Å². The molecule has 0 aliphatic heterocycles. The number of esters is 1. The Kier molecular flexibility index (Phi) is 4.24. The quantitative estimate of drug-likeness (QED) is 0.383. The Balaban J connectivity index is 4.43. The lowest BCUT2D eigenvalue weighted by Crippen LogP contribution is -2.34. The fraction of sp³-hybridized carbons (Fsp3) is 0.667. The molecule has 0 fully saturated rings. The number of hydrogen-bond acceptors (Lipinski definition) is 2. The predicted molar refractivity (Wildman–Crippen MR) is 53.9 cm³/mol. The molecule has 0 saturated carbocycles. The van der Waals surface area contributed by atoms with Gasteiger partial charge in [0.2, 0.25) is 0 Å². The Morgan fingerprint density at radius 3 is 2.33 bits per heavy atom. The molecule has 70 valence electrons. The van der Waals surface area contributed by atoms with Gasteiger partial charge in [-0.05, 0) is 6.42 Å². The molecule has 1 atom stereocenters. The van der Waals surface area contributed by atoms with Gasteiger partial charge in [0.1, 0.15) is 0 Å². The summed E-state index contributed by atoms with van der Waals surface area (Å²) in [6.07, 6.45) is 2.53. The van der Waals surface area contributed by atoms with E-state index in [1.807, 2.05) is 0 Å². The van der Waals surface area contributed by atoms with Crippen LogP contribution in [-0.4, -0.2) is 21.2 Å². The minimum absolute atomic E-state index is 0.0556. The van der Waals surface area contributed by atoms with Crippen LogP contribution in [0.2, 0.25) is 25.2 Å². The van der Waals surface area contributed by atoms with Crippen LogP contribution in [0.15, 0.2) is 12.7 Å². The summed E-state index contributed by atoms with van der Waals surface area (Å²) in [5.74, 6) is -0.0888. The molecule has 0 amide bonds. The lowest BCUT2D eigenvalue weighted by atomic mass is 10.3. The van der Waals surface area contributed by atoms with Crippen LogP contribution in [0.25, 0.3) is 0 Å². The number of hydrogen-bond donors (Lipinski definition) is 0. The fourth-order valence-electron chi connectivity index (χ4n) is 1.11. The van der Waals surface area contributed by atoms with Crippen LogP contribution in [0, 0.1) is 0 Å². The molecule has 0 rings (SSSR count). The molecule has 0 bridgehead atoms. The molecule has 0 aliphatic rings. The molecule has 0 aromatic heterocycles. The van der Waals surface area contributed by atoms with E-state index < -0.39 is 8.07 Å². The molecule has 12 heavy (non-hydrogen) atoms. The van der Waals surface area contributed by atoms with Gasteiger partial charge in [0.25, 0.3) is 0 Å². The minimum atomic E-state index is -1.44. The average Bonchev–Trinajstić information content (AvgIpc) is 1.96. The maximum absolute atomic E-state index is 11.3. The summed E-state index contributed by atoms with van der Waals surface area (Å²) in [4.78, 5) is 11.3. The number of carbonyl (C=O) groups is 1. The van der Waals surface area contributed by atoms with E-state index in [-0.39, 0.29) is 11.5 Å². The summed E-state index contributed by atoms with van der Waals surface area (Å²) in [5, 5.41) is 0. The Hall–Kier alpha value is -0.573. The normalized spacial score (nSPS) is 13.7. The van der Waals surface area contributed by atoms with Crippen LogP contribution >= 0.6 is 0 Å². The molecule has 0 aromatic rings. The number of carbonyl (C=O) groups excluding carboxylic acids is 1. The molecule has 0 saturated heterocycles. The van der Waals surface area contributed by atoms with E-state index >= 15 is 0 Å². The van der Waals surface area contributed by atoms with Crippen LogP contribution in [0.3, 0.4) is 0 Å². The van der Waals surface area contributed by atoms with Gasteiger partial charge < -0.3 is 4.74 Å². The Morgan fingerprint density at radius 2 is 2.08 bits per heavy atom. The van der Waals surface area contributed by atoms with Crippen molar-refractivity contribution >= 4 is 14.0 Å². The second kappa shape index (κ2) is 4.45. The largest absolute Gasteiger partial charge is 0.469 e. The monoisotopic (exact) mass is 186 g/mol. The third kappa shape index (κ3) is 3.22. The van der Waals surface area contributed by atoms with E-state index in [0.717, 1.165) is 6.42 Å². The number of ether oxygens (including phenoxy) is 1. The lowest BCUT2D eigenvalue weighted by Gasteiger charge is -2.25. The van der Waals surface area contributed by atoms with E-state index in [2.05, 4.69) is 26.2 Å². The van der Waals surface area contributed by atoms with Crippen LogP contribution in [0.1, 0.15) is 6.42 Å². The highest BCUT2D eigenvalue weighted by atomic mass is 28.3. The molecule has 2 nitrogen and oxygen atoms in total. The molecular formula is C9H18O2Si. The molecule has 0 N–H and O–H groups in total. The second-order valence-electron chi connectivity index (χ2n) is 3.97. The third-order valence-electron chi connectivity index (χ3n) is 1.93. The molecule has 0 spiro atoms. The van der Waals surface area contributed by atoms with Gasteiger partial charge in [-0.2, -0.15) is 0 Å². The maximum atomic E-state index is 11.3. The van der Waals surface area contributed by atoms with Gasteiger partial charge in [0.05, 0.1) is 20.7 Å². The first kappa shape index (κ1) is 11.4. The van der Waals surface area contributed by atoms with Crippen molar-refractivity contribution in [2.24, 2.45) is 0 Å². The van der Waals surface area contributed by atoms with Crippen molar-refractivity contribution in [3.8, 4) is 0 Å². The summed E-state index contributed by atoms with van der Waals surface area (Å²) in [5.41, 5.74) is 0.0556. The Bertz CT molecular complexity index is 170. The van der Waals surface area contributed by atoms with E-state index in [1.165, 1.54) is 7.11 Å². The van der Waals surface area contributed by atoms with Crippen molar-refractivity contribution in [3.63, 3.8) is 0 Å². The van der Waals surface area contributed by atoms with Gasteiger partial charge in [0.15, 0.2) is 0 Å². The fourth-order valence-corrected chi connectivity index (χ4v) is 2.81. The molecule has 0 aliphatic carbocycles. The average molecular weight is 186 g/mol. The van der Waals surface area contributed by atoms with E-state index in [0.29, 0.717) is 0 Å². The third-order valence-corrected chi connectivity index (χ3v) is 4.50. The summed E-state index contributed by atoms with van der Waals surface area (Å²) < 4.78 is 4.74. The highest BCUT2D eigenvalue weighted by Crippen LogP contribution is 2.26. The van der Waals surface area contributed by atoms with E-state index in [4.69, 9.17) is 4.74 Å². The zero-order valence-corrected chi connectivity index (χ0v) is 9.39. The highest BCUT2D eigenvalue weighted by molar-refractivity contribution is 6.80. The topological polar surface area (TPSA) is 26.3 Å². The SMILES string of the molecule is C=CCC(C(=O)OC)[Si](C)(C)C. The standard InChI is InChI=1S/C9H18O2Si/c1-6-7-8(9(10)11-2)12(3,4)5/h6,8H,1,7H2,2-5H3. The summed E-state index contributed by atoms with van der Waals surface area (Å²) in [6, 6.07) is 0. The highest BCUT2D eigenvalue weighted by Gasteiger charge is 2.32. The number of allylic oxidation sites excluding steroid dienone is 1. The zero-order chi connectivity index (χ0) is 9.78. The summed E-state index contributed by atoms with van der Waals surface area (Å²) >= 11 is 0. The van der Waals surface area contributed by atoms with Gasteiger partial charge in [-0.1, -0.05) is 25.7 Å². The van der Waals surface area contributed by atoms with Gasteiger partial charge in [-0.3, -0.25) is 4.79 Å². The van der Waals surface area contributed by atoms with Gasteiger partial charge >= 0.3 is 5.97 Å².